The van der Waals surface area contributed by atoms with Crippen molar-refractivity contribution < 1.29 is 14.3 Å². The summed E-state index contributed by atoms with van der Waals surface area (Å²) in [5.74, 6) is 1.05. The minimum atomic E-state index is -0.187. The van der Waals surface area contributed by atoms with Gasteiger partial charge >= 0.3 is 0 Å². The zero-order valence-corrected chi connectivity index (χ0v) is 19.1. The molecule has 1 fully saturated rings. The Morgan fingerprint density at radius 2 is 1.66 bits per heavy atom. The summed E-state index contributed by atoms with van der Waals surface area (Å²) in [6, 6.07) is 22.6. The first-order valence-electron chi connectivity index (χ1n) is 10.2. The van der Waals surface area contributed by atoms with Crippen LogP contribution in [0.4, 0.5) is 17.1 Å². The van der Waals surface area contributed by atoms with Crippen molar-refractivity contribution >= 4 is 40.6 Å². The van der Waals surface area contributed by atoms with Gasteiger partial charge in [-0.15, -0.1) is 11.8 Å². The molecule has 164 valence electrons. The van der Waals surface area contributed by atoms with E-state index in [0.717, 1.165) is 16.9 Å². The highest BCUT2D eigenvalue weighted by Gasteiger charge is 2.34. The molecule has 1 saturated heterocycles. The second-order valence-corrected chi connectivity index (χ2v) is 8.71. The van der Waals surface area contributed by atoms with Crippen molar-refractivity contribution in [1.82, 2.24) is 0 Å². The number of nitrogens with zero attached hydrogens (tertiary/aromatic N) is 2. The molecule has 0 aliphatic carbocycles. The van der Waals surface area contributed by atoms with E-state index in [9.17, 15) is 9.59 Å². The van der Waals surface area contributed by atoms with Crippen molar-refractivity contribution in [2.24, 2.45) is 0 Å². The molecule has 2 amide bonds. The number of thioether (sulfide) groups is 1. The number of nitrogens with one attached hydrogen (secondary N) is 1. The molecule has 1 N–H and O–H groups in total. The van der Waals surface area contributed by atoms with E-state index in [1.807, 2.05) is 72.4 Å². The van der Waals surface area contributed by atoms with Gasteiger partial charge in [-0.3, -0.25) is 14.5 Å². The first-order chi connectivity index (χ1) is 15.5. The Balaban J connectivity index is 1.48. The summed E-state index contributed by atoms with van der Waals surface area (Å²) in [6.45, 7) is 0. The van der Waals surface area contributed by atoms with Crippen LogP contribution in [0, 0.1) is 0 Å². The zero-order chi connectivity index (χ0) is 22.7. The SMILES string of the molecule is COc1ccc(C(=O)Nc2ccc([C@H]3SCC(=O)N3c3ccc(N(C)C)cc3)cc2)cc1. The van der Waals surface area contributed by atoms with Gasteiger partial charge < -0.3 is 15.0 Å². The number of methoxy groups -OCH3 is 1. The number of carbonyl (C=O) groups excluding carboxylic acids is 2. The van der Waals surface area contributed by atoms with Gasteiger partial charge in [-0.25, -0.2) is 0 Å². The van der Waals surface area contributed by atoms with E-state index in [1.165, 1.54) is 0 Å². The Hall–Kier alpha value is -3.45. The molecule has 1 heterocycles. The highest BCUT2D eigenvalue weighted by atomic mass is 32.2. The number of rotatable bonds is 6. The molecule has 0 unspecified atom stereocenters. The topological polar surface area (TPSA) is 61.9 Å². The molecule has 1 atom stereocenters. The molecule has 32 heavy (non-hydrogen) atoms. The largest absolute Gasteiger partial charge is 0.497 e. The Morgan fingerprint density at radius 3 is 2.25 bits per heavy atom. The predicted octanol–water partition coefficient (Wildman–Crippen LogP) is 4.79. The number of amides is 2. The summed E-state index contributed by atoms with van der Waals surface area (Å²) in [5.41, 5.74) is 4.24. The lowest BCUT2D eigenvalue weighted by Gasteiger charge is -2.25. The number of ether oxygens (including phenoxy) is 1. The van der Waals surface area contributed by atoms with Crippen molar-refractivity contribution in [3.05, 3.63) is 83.9 Å². The number of anilines is 3. The van der Waals surface area contributed by atoms with Crippen LogP contribution in [0.2, 0.25) is 0 Å². The molecule has 6 nitrogen and oxygen atoms in total. The molecule has 0 radical (unpaired) electrons. The first-order valence-corrected chi connectivity index (χ1v) is 11.3. The number of benzene rings is 3. The number of hydrogen-bond acceptors (Lipinski definition) is 5. The van der Waals surface area contributed by atoms with Crippen molar-refractivity contribution in [1.29, 1.82) is 0 Å². The molecule has 1 aliphatic heterocycles. The van der Waals surface area contributed by atoms with E-state index in [0.29, 0.717) is 22.8 Å². The van der Waals surface area contributed by atoms with Crippen LogP contribution < -0.4 is 19.9 Å². The average Bonchev–Trinajstić information content (AvgIpc) is 3.21. The summed E-state index contributed by atoms with van der Waals surface area (Å²) in [7, 11) is 5.57. The van der Waals surface area contributed by atoms with Gasteiger partial charge in [0, 0.05) is 36.7 Å². The van der Waals surface area contributed by atoms with Crippen LogP contribution in [-0.2, 0) is 4.79 Å². The third-order valence-electron chi connectivity index (χ3n) is 5.32. The maximum atomic E-state index is 12.6. The van der Waals surface area contributed by atoms with Gasteiger partial charge in [0.15, 0.2) is 0 Å². The van der Waals surface area contributed by atoms with Gasteiger partial charge in [0.2, 0.25) is 5.91 Å². The lowest BCUT2D eigenvalue weighted by Crippen LogP contribution is -2.27. The summed E-state index contributed by atoms with van der Waals surface area (Å²) in [5, 5.41) is 2.81. The van der Waals surface area contributed by atoms with Gasteiger partial charge in [-0.1, -0.05) is 12.1 Å². The molecule has 3 aromatic carbocycles. The number of hydrogen-bond donors (Lipinski definition) is 1. The van der Waals surface area contributed by atoms with Gasteiger partial charge in [0.1, 0.15) is 11.1 Å². The van der Waals surface area contributed by atoms with E-state index >= 15 is 0 Å². The Labute approximate surface area is 192 Å². The predicted molar refractivity (Wildman–Crippen MR) is 131 cm³/mol. The molecule has 0 bridgehead atoms. The van der Waals surface area contributed by atoms with Crippen LogP contribution in [0.3, 0.4) is 0 Å². The van der Waals surface area contributed by atoms with Crippen LogP contribution >= 0.6 is 11.8 Å². The summed E-state index contributed by atoms with van der Waals surface area (Å²) in [6.07, 6.45) is 0. The monoisotopic (exact) mass is 447 g/mol. The maximum Gasteiger partial charge on any atom is 0.255 e. The van der Waals surface area contributed by atoms with Gasteiger partial charge in [-0.05, 0) is 66.2 Å². The molecule has 3 aromatic rings. The van der Waals surface area contributed by atoms with Gasteiger partial charge in [-0.2, -0.15) is 0 Å². The summed E-state index contributed by atoms with van der Waals surface area (Å²) in [4.78, 5) is 29.0. The zero-order valence-electron chi connectivity index (χ0n) is 18.2. The van der Waals surface area contributed by atoms with Crippen molar-refractivity contribution in [3.8, 4) is 5.75 Å². The van der Waals surface area contributed by atoms with Crippen LogP contribution in [0.5, 0.6) is 5.75 Å². The van der Waals surface area contributed by atoms with Crippen LogP contribution in [-0.4, -0.2) is 38.8 Å². The normalized spacial score (nSPS) is 15.5. The molecule has 1 aliphatic rings. The van der Waals surface area contributed by atoms with E-state index < -0.39 is 0 Å². The van der Waals surface area contributed by atoms with Crippen molar-refractivity contribution in [2.75, 3.05) is 42.1 Å². The summed E-state index contributed by atoms with van der Waals surface area (Å²) < 4.78 is 5.13. The second kappa shape index (κ2) is 9.36. The molecule has 0 saturated carbocycles. The highest BCUT2D eigenvalue weighted by molar-refractivity contribution is 8.00. The average molecular weight is 448 g/mol. The van der Waals surface area contributed by atoms with Gasteiger partial charge in [0.25, 0.3) is 5.91 Å². The van der Waals surface area contributed by atoms with E-state index in [2.05, 4.69) is 5.32 Å². The molecular formula is C25H25N3O3S. The molecule has 0 spiro atoms. The molecule has 0 aromatic heterocycles. The Morgan fingerprint density at radius 1 is 1.00 bits per heavy atom. The minimum absolute atomic E-state index is 0.0921. The van der Waals surface area contributed by atoms with E-state index in [1.54, 1.807) is 43.1 Å². The molecule has 4 rings (SSSR count). The van der Waals surface area contributed by atoms with Gasteiger partial charge in [0.05, 0.1) is 12.9 Å². The third kappa shape index (κ3) is 4.57. The lowest BCUT2D eigenvalue weighted by molar-refractivity contribution is -0.115. The minimum Gasteiger partial charge on any atom is -0.497 e. The maximum absolute atomic E-state index is 12.6. The highest BCUT2D eigenvalue weighted by Crippen LogP contribution is 2.42. The third-order valence-corrected chi connectivity index (χ3v) is 6.53. The fourth-order valence-electron chi connectivity index (χ4n) is 3.54. The smallest absolute Gasteiger partial charge is 0.255 e. The van der Waals surface area contributed by atoms with Crippen molar-refractivity contribution in [2.45, 2.75) is 5.37 Å². The van der Waals surface area contributed by atoms with E-state index in [-0.39, 0.29) is 17.2 Å². The summed E-state index contributed by atoms with van der Waals surface area (Å²) >= 11 is 1.60. The number of carbonyl (C=O) groups is 2. The fraction of sp³-hybridized carbons (Fsp3) is 0.200. The standard InChI is InChI=1S/C25H25N3O3S/c1-27(2)20-10-12-21(13-11-20)28-23(29)16-32-25(28)18-4-8-19(9-5-18)26-24(30)17-6-14-22(31-3)15-7-17/h4-15,25H,16H2,1-3H3,(H,26,30)/t25-/m1/s1. The Bertz CT molecular complexity index is 1100. The second-order valence-electron chi connectivity index (χ2n) is 7.64. The van der Waals surface area contributed by atoms with Crippen LogP contribution in [0.25, 0.3) is 0 Å². The van der Waals surface area contributed by atoms with Crippen LogP contribution in [0.15, 0.2) is 72.8 Å². The first kappa shape index (κ1) is 21.8. The molecular weight excluding hydrogens is 422 g/mol. The fourth-order valence-corrected chi connectivity index (χ4v) is 4.72. The molecule has 7 heteroatoms. The quantitative estimate of drug-likeness (QED) is 0.589. The van der Waals surface area contributed by atoms with Crippen molar-refractivity contribution in [3.63, 3.8) is 0 Å². The van der Waals surface area contributed by atoms with E-state index in [4.69, 9.17) is 4.74 Å². The lowest BCUT2D eigenvalue weighted by atomic mass is 10.1. The Kier molecular flexibility index (Phi) is 6.37. The van der Waals surface area contributed by atoms with Crippen LogP contribution in [0.1, 0.15) is 21.3 Å².